The number of hydrogen-bond acceptors (Lipinski definition) is 3. The first kappa shape index (κ1) is 14.3. The molecule has 0 aromatic heterocycles. The quantitative estimate of drug-likeness (QED) is 0.776. The van der Waals surface area contributed by atoms with E-state index < -0.39 is 10.0 Å². The maximum Gasteiger partial charge on any atom is 0.212 e. The number of hydrogen-bond donors (Lipinski definition) is 2. The molecular weight excluding hydrogens is 248 g/mol. The van der Waals surface area contributed by atoms with Gasteiger partial charge >= 0.3 is 0 Å². The summed E-state index contributed by atoms with van der Waals surface area (Å²) >= 11 is 0. The molecule has 1 aliphatic heterocycles. The average Bonchev–Trinajstić information content (AvgIpc) is 2.33. The van der Waals surface area contributed by atoms with Crippen LogP contribution in [-0.2, 0) is 10.0 Å². The van der Waals surface area contributed by atoms with Crippen molar-refractivity contribution in [1.82, 2.24) is 10.0 Å². The van der Waals surface area contributed by atoms with Crippen LogP contribution in [0.1, 0.15) is 58.3 Å². The highest BCUT2D eigenvalue weighted by Gasteiger charge is 2.38. The predicted octanol–water partition coefficient (Wildman–Crippen LogP) is 1.77. The Morgan fingerprint density at radius 3 is 2.56 bits per heavy atom. The number of piperidine rings is 1. The first-order valence-corrected chi connectivity index (χ1v) is 8.95. The second-order valence-electron chi connectivity index (χ2n) is 5.84. The minimum Gasteiger partial charge on any atom is -0.314 e. The normalized spacial score (nSPS) is 27.7. The molecule has 0 bridgehead atoms. The van der Waals surface area contributed by atoms with E-state index in [9.17, 15) is 8.42 Å². The largest absolute Gasteiger partial charge is 0.314 e. The second-order valence-corrected chi connectivity index (χ2v) is 7.69. The fourth-order valence-electron chi connectivity index (χ4n) is 2.98. The van der Waals surface area contributed by atoms with Crippen LogP contribution < -0.4 is 10.0 Å². The molecule has 0 aromatic rings. The summed E-state index contributed by atoms with van der Waals surface area (Å²) in [6, 6.07) is 0.397. The van der Waals surface area contributed by atoms with Gasteiger partial charge in [0.15, 0.2) is 0 Å². The minimum atomic E-state index is -3.10. The molecule has 1 saturated heterocycles. The lowest BCUT2D eigenvalue weighted by atomic mass is 9.76. The Balaban J connectivity index is 1.79. The lowest BCUT2D eigenvalue weighted by molar-refractivity contribution is 0.213. The Bertz CT molecular complexity index is 352. The average molecular weight is 274 g/mol. The van der Waals surface area contributed by atoms with E-state index in [2.05, 4.69) is 17.0 Å². The van der Waals surface area contributed by atoms with Crippen LogP contribution in [0.3, 0.4) is 0 Å². The highest BCUT2D eigenvalue weighted by molar-refractivity contribution is 7.89. The molecule has 0 radical (unpaired) electrons. The first-order chi connectivity index (χ1) is 8.55. The fourth-order valence-corrected chi connectivity index (χ4v) is 4.69. The monoisotopic (exact) mass is 274 g/mol. The number of rotatable bonds is 6. The Kier molecular flexibility index (Phi) is 4.67. The molecule has 4 nitrogen and oxygen atoms in total. The van der Waals surface area contributed by atoms with Gasteiger partial charge in [0.1, 0.15) is 0 Å². The van der Waals surface area contributed by atoms with E-state index in [4.69, 9.17) is 0 Å². The van der Waals surface area contributed by atoms with Crippen LogP contribution in [-0.4, -0.2) is 32.3 Å². The molecule has 1 aliphatic carbocycles. The SMILES string of the molecule is CCC1(NS(=O)(=O)CCC2CCCCN2)CCC1. The summed E-state index contributed by atoms with van der Waals surface area (Å²) in [4.78, 5) is 0. The lowest BCUT2D eigenvalue weighted by Gasteiger charge is -2.41. The van der Waals surface area contributed by atoms with Crippen molar-refractivity contribution in [3.05, 3.63) is 0 Å². The van der Waals surface area contributed by atoms with E-state index in [-0.39, 0.29) is 11.3 Å². The van der Waals surface area contributed by atoms with E-state index >= 15 is 0 Å². The van der Waals surface area contributed by atoms with E-state index in [0.717, 1.165) is 45.1 Å². The van der Waals surface area contributed by atoms with Gasteiger partial charge in [0.25, 0.3) is 0 Å². The van der Waals surface area contributed by atoms with Crippen LogP contribution in [0.2, 0.25) is 0 Å². The zero-order valence-electron chi connectivity index (χ0n) is 11.4. The molecule has 5 heteroatoms. The molecule has 0 amide bonds. The van der Waals surface area contributed by atoms with Gasteiger partial charge in [-0.15, -0.1) is 0 Å². The van der Waals surface area contributed by atoms with Gasteiger partial charge in [-0.3, -0.25) is 0 Å². The molecular formula is C13H26N2O2S. The third-order valence-electron chi connectivity index (χ3n) is 4.51. The second kappa shape index (κ2) is 5.88. The lowest BCUT2D eigenvalue weighted by Crippen LogP contribution is -2.53. The molecule has 2 N–H and O–H groups in total. The third-order valence-corrected chi connectivity index (χ3v) is 6.02. The van der Waals surface area contributed by atoms with Crippen molar-refractivity contribution in [1.29, 1.82) is 0 Å². The van der Waals surface area contributed by atoms with E-state index in [1.165, 1.54) is 12.8 Å². The van der Waals surface area contributed by atoms with Crippen molar-refractivity contribution in [3.63, 3.8) is 0 Å². The highest BCUT2D eigenvalue weighted by atomic mass is 32.2. The van der Waals surface area contributed by atoms with Crippen LogP contribution in [0.4, 0.5) is 0 Å². The van der Waals surface area contributed by atoms with Gasteiger partial charge in [0.2, 0.25) is 10.0 Å². The molecule has 18 heavy (non-hydrogen) atoms. The van der Waals surface area contributed by atoms with Crippen LogP contribution in [0, 0.1) is 0 Å². The van der Waals surface area contributed by atoms with Gasteiger partial charge in [-0.05, 0) is 51.5 Å². The third kappa shape index (κ3) is 3.68. The Hall–Kier alpha value is -0.130. The molecule has 106 valence electrons. The van der Waals surface area contributed by atoms with Gasteiger partial charge in [0.05, 0.1) is 5.75 Å². The van der Waals surface area contributed by atoms with Gasteiger partial charge < -0.3 is 5.32 Å². The summed E-state index contributed by atoms with van der Waals surface area (Å²) in [6.45, 7) is 3.11. The number of sulfonamides is 1. The smallest absolute Gasteiger partial charge is 0.212 e. The topological polar surface area (TPSA) is 58.2 Å². The fraction of sp³-hybridized carbons (Fsp3) is 1.00. The Morgan fingerprint density at radius 1 is 1.28 bits per heavy atom. The van der Waals surface area contributed by atoms with Gasteiger partial charge in [-0.25, -0.2) is 13.1 Å². The van der Waals surface area contributed by atoms with Crippen LogP contribution in [0.15, 0.2) is 0 Å². The molecule has 1 unspecified atom stereocenters. The molecule has 1 atom stereocenters. The Morgan fingerprint density at radius 2 is 2.06 bits per heavy atom. The van der Waals surface area contributed by atoms with Crippen LogP contribution in [0.25, 0.3) is 0 Å². The van der Waals surface area contributed by atoms with Crippen molar-refractivity contribution >= 4 is 10.0 Å². The van der Waals surface area contributed by atoms with Gasteiger partial charge in [-0.2, -0.15) is 0 Å². The predicted molar refractivity (Wildman–Crippen MR) is 74.1 cm³/mol. The first-order valence-electron chi connectivity index (χ1n) is 7.30. The maximum atomic E-state index is 12.1. The zero-order chi connectivity index (χ0) is 13.1. The van der Waals surface area contributed by atoms with Crippen molar-refractivity contribution in [2.75, 3.05) is 12.3 Å². The molecule has 1 heterocycles. The van der Waals surface area contributed by atoms with Crippen LogP contribution in [0.5, 0.6) is 0 Å². The van der Waals surface area contributed by atoms with Crippen LogP contribution >= 0.6 is 0 Å². The molecule has 1 saturated carbocycles. The summed E-state index contributed by atoms with van der Waals surface area (Å²) in [5.74, 6) is 0.270. The molecule has 0 aromatic carbocycles. The zero-order valence-corrected chi connectivity index (χ0v) is 12.2. The van der Waals surface area contributed by atoms with Crippen molar-refractivity contribution in [3.8, 4) is 0 Å². The van der Waals surface area contributed by atoms with E-state index in [1.807, 2.05) is 0 Å². The highest BCUT2D eigenvalue weighted by Crippen LogP contribution is 2.35. The maximum absolute atomic E-state index is 12.1. The molecule has 2 aliphatic rings. The Labute approximate surface area is 111 Å². The van der Waals surface area contributed by atoms with E-state index in [0.29, 0.717) is 6.04 Å². The van der Waals surface area contributed by atoms with Crippen molar-refractivity contribution < 1.29 is 8.42 Å². The number of nitrogens with one attached hydrogen (secondary N) is 2. The van der Waals surface area contributed by atoms with Gasteiger partial charge in [0, 0.05) is 11.6 Å². The standard InChI is InChI=1S/C13H26N2O2S/c1-2-13(8-5-9-13)15-18(16,17)11-7-12-6-3-4-10-14-12/h12,14-15H,2-11H2,1H3. The molecule has 0 spiro atoms. The summed E-state index contributed by atoms with van der Waals surface area (Å²) in [5.41, 5.74) is -0.112. The summed E-state index contributed by atoms with van der Waals surface area (Å²) in [7, 11) is -3.10. The minimum absolute atomic E-state index is 0.112. The van der Waals surface area contributed by atoms with Crippen molar-refractivity contribution in [2.45, 2.75) is 69.9 Å². The van der Waals surface area contributed by atoms with Crippen molar-refractivity contribution in [2.24, 2.45) is 0 Å². The van der Waals surface area contributed by atoms with E-state index in [1.54, 1.807) is 0 Å². The summed E-state index contributed by atoms with van der Waals surface area (Å²) in [6.07, 6.45) is 8.39. The molecule has 2 rings (SSSR count). The van der Waals surface area contributed by atoms with Gasteiger partial charge in [-0.1, -0.05) is 13.3 Å². The molecule has 2 fully saturated rings. The summed E-state index contributed by atoms with van der Waals surface area (Å²) < 4.78 is 27.1. The summed E-state index contributed by atoms with van der Waals surface area (Å²) in [5, 5.41) is 3.40.